The highest BCUT2D eigenvalue weighted by atomic mass is 16.5. The van der Waals surface area contributed by atoms with Crippen LogP contribution in [0.2, 0.25) is 0 Å². The van der Waals surface area contributed by atoms with E-state index in [4.69, 9.17) is 10.5 Å². The first-order chi connectivity index (χ1) is 8.81. The zero-order chi connectivity index (χ0) is 14.6. The fourth-order valence-electron chi connectivity index (χ4n) is 2.16. The van der Waals surface area contributed by atoms with Gasteiger partial charge in [-0.3, -0.25) is 4.79 Å². The van der Waals surface area contributed by atoms with E-state index in [9.17, 15) is 4.79 Å². The molecule has 0 heterocycles. The largest absolute Gasteiger partial charge is 0.469 e. The highest BCUT2D eigenvalue weighted by Gasteiger charge is 2.26. The van der Waals surface area contributed by atoms with Gasteiger partial charge in [-0.05, 0) is 23.0 Å². The van der Waals surface area contributed by atoms with E-state index in [1.54, 1.807) is 0 Å². The van der Waals surface area contributed by atoms with Gasteiger partial charge in [0.05, 0.1) is 13.0 Å². The third-order valence-corrected chi connectivity index (χ3v) is 3.54. The molecule has 3 nitrogen and oxygen atoms in total. The molecule has 2 unspecified atom stereocenters. The number of carbonyl (C=O) groups excluding carboxylic acids is 1. The van der Waals surface area contributed by atoms with E-state index >= 15 is 0 Å². The van der Waals surface area contributed by atoms with Gasteiger partial charge in [-0.2, -0.15) is 0 Å². The molecule has 0 spiro atoms. The van der Waals surface area contributed by atoms with Gasteiger partial charge in [0.2, 0.25) is 0 Å². The standard InChI is InChI=1S/C16H25NO2/c1-6-13(15(18)19-5)14(17)11-7-9-12(10-8-11)16(2,3)4/h7-10,13-14H,6,17H2,1-5H3. The lowest BCUT2D eigenvalue weighted by atomic mass is 9.85. The molecule has 0 bridgehead atoms. The maximum atomic E-state index is 11.7. The summed E-state index contributed by atoms with van der Waals surface area (Å²) in [7, 11) is 1.40. The molecular weight excluding hydrogens is 238 g/mol. The monoisotopic (exact) mass is 263 g/mol. The Morgan fingerprint density at radius 1 is 1.26 bits per heavy atom. The first-order valence-corrected chi connectivity index (χ1v) is 6.75. The van der Waals surface area contributed by atoms with Crippen molar-refractivity contribution in [2.24, 2.45) is 11.7 Å². The second-order valence-corrected chi connectivity index (χ2v) is 5.94. The molecule has 3 heteroatoms. The molecule has 19 heavy (non-hydrogen) atoms. The number of rotatable bonds is 4. The van der Waals surface area contributed by atoms with Gasteiger partial charge in [-0.1, -0.05) is 52.0 Å². The summed E-state index contributed by atoms with van der Waals surface area (Å²) in [6.07, 6.45) is 0.675. The van der Waals surface area contributed by atoms with Crippen molar-refractivity contribution in [3.63, 3.8) is 0 Å². The molecule has 0 saturated carbocycles. The van der Waals surface area contributed by atoms with Crippen LogP contribution in [0.3, 0.4) is 0 Å². The summed E-state index contributed by atoms with van der Waals surface area (Å²) in [5, 5.41) is 0. The quantitative estimate of drug-likeness (QED) is 0.849. The summed E-state index contributed by atoms with van der Waals surface area (Å²) in [6, 6.07) is 7.87. The lowest BCUT2D eigenvalue weighted by Crippen LogP contribution is -2.28. The summed E-state index contributed by atoms with van der Waals surface area (Å²) >= 11 is 0. The normalized spacial score (nSPS) is 14.8. The third kappa shape index (κ3) is 3.80. The summed E-state index contributed by atoms with van der Waals surface area (Å²) in [5.74, 6) is -0.527. The maximum Gasteiger partial charge on any atom is 0.310 e. The van der Waals surface area contributed by atoms with Crippen molar-refractivity contribution in [1.82, 2.24) is 0 Å². The van der Waals surface area contributed by atoms with Crippen molar-refractivity contribution in [2.45, 2.75) is 45.6 Å². The van der Waals surface area contributed by atoms with E-state index in [1.807, 2.05) is 19.1 Å². The Kier molecular flexibility index (Phi) is 5.12. The highest BCUT2D eigenvalue weighted by molar-refractivity contribution is 5.73. The molecule has 1 aromatic carbocycles. The number of ether oxygens (including phenoxy) is 1. The molecule has 0 radical (unpaired) electrons. The van der Waals surface area contributed by atoms with E-state index in [0.29, 0.717) is 6.42 Å². The Morgan fingerprint density at radius 3 is 2.16 bits per heavy atom. The number of benzene rings is 1. The van der Waals surface area contributed by atoms with Crippen molar-refractivity contribution in [1.29, 1.82) is 0 Å². The van der Waals surface area contributed by atoms with E-state index in [1.165, 1.54) is 12.7 Å². The second-order valence-electron chi connectivity index (χ2n) is 5.94. The van der Waals surface area contributed by atoms with Gasteiger partial charge in [0.25, 0.3) is 0 Å². The number of nitrogens with two attached hydrogens (primary N) is 1. The fraction of sp³-hybridized carbons (Fsp3) is 0.562. The van der Waals surface area contributed by atoms with Gasteiger partial charge in [-0.15, -0.1) is 0 Å². The van der Waals surface area contributed by atoms with Crippen molar-refractivity contribution in [3.05, 3.63) is 35.4 Å². The fourth-order valence-corrected chi connectivity index (χ4v) is 2.16. The van der Waals surface area contributed by atoms with Crippen LogP contribution < -0.4 is 5.73 Å². The predicted molar refractivity (Wildman–Crippen MR) is 77.9 cm³/mol. The van der Waals surface area contributed by atoms with Crippen LogP contribution >= 0.6 is 0 Å². The third-order valence-electron chi connectivity index (χ3n) is 3.54. The Balaban J connectivity index is 2.94. The van der Waals surface area contributed by atoms with Crippen molar-refractivity contribution in [2.75, 3.05) is 7.11 Å². The van der Waals surface area contributed by atoms with E-state index < -0.39 is 0 Å². The smallest absolute Gasteiger partial charge is 0.310 e. The topological polar surface area (TPSA) is 52.3 Å². The van der Waals surface area contributed by atoms with E-state index in [2.05, 4.69) is 32.9 Å². The van der Waals surface area contributed by atoms with Crippen molar-refractivity contribution in [3.8, 4) is 0 Å². The average molecular weight is 263 g/mol. The van der Waals surface area contributed by atoms with Gasteiger partial charge < -0.3 is 10.5 Å². The second kappa shape index (κ2) is 6.20. The minimum Gasteiger partial charge on any atom is -0.469 e. The summed E-state index contributed by atoms with van der Waals surface area (Å²) < 4.78 is 4.80. The molecular formula is C16H25NO2. The minimum atomic E-state index is -0.313. The molecule has 0 amide bonds. The molecule has 2 atom stereocenters. The van der Waals surface area contributed by atoms with Gasteiger partial charge in [0.15, 0.2) is 0 Å². The number of hydrogen-bond donors (Lipinski definition) is 1. The van der Waals surface area contributed by atoms with Crippen molar-refractivity contribution < 1.29 is 9.53 Å². The molecule has 0 aliphatic carbocycles. The van der Waals surface area contributed by atoms with Crippen LogP contribution in [0, 0.1) is 5.92 Å². The van der Waals surface area contributed by atoms with Gasteiger partial charge in [0.1, 0.15) is 0 Å². The molecule has 0 saturated heterocycles. The molecule has 106 valence electrons. The molecule has 0 fully saturated rings. The van der Waals surface area contributed by atoms with Crippen LogP contribution in [0.4, 0.5) is 0 Å². The van der Waals surface area contributed by atoms with Crippen LogP contribution in [-0.2, 0) is 14.9 Å². The van der Waals surface area contributed by atoms with Gasteiger partial charge in [0, 0.05) is 6.04 Å². The molecule has 0 aromatic heterocycles. The van der Waals surface area contributed by atoms with Crippen molar-refractivity contribution >= 4 is 5.97 Å². The van der Waals surface area contributed by atoms with Gasteiger partial charge >= 0.3 is 5.97 Å². The van der Waals surface area contributed by atoms with E-state index in [-0.39, 0.29) is 23.3 Å². The first-order valence-electron chi connectivity index (χ1n) is 6.75. The Bertz CT molecular complexity index is 417. The summed E-state index contributed by atoms with van der Waals surface area (Å²) in [6.45, 7) is 8.46. The lowest BCUT2D eigenvalue weighted by molar-refractivity contribution is -0.146. The Hall–Kier alpha value is -1.35. The zero-order valence-electron chi connectivity index (χ0n) is 12.6. The molecule has 2 N–H and O–H groups in total. The van der Waals surface area contributed by atoms with Gasteiger partial charge in [-0.25, -0.2) is 0 Å². The number of methoxy groups -OCH3 is 1. The van der Waals surface area contributed by atoms with Crippen LogP contribution in [0.25, 0.3) is 0 Å². The molecule has 1 rings (SSSR count). The average Bonchev–Trinajstić information content (AvgIpc) is 2.38. The van der Waals surface area contributed by atoms with Crippen LogP contribution in [0.1, 0.15) is 51.3 Å². The zero-order valence-corrected chi connectivity index (χ0v) is 12.6. The SMILES string of the molecule is CCC(C(=O)OC)C(N)c1ccc(C(C)(C)C)cc1. The number of hydrogen-bond acceptors (Lipinski definition) is 3. The van der Waals surface area contributed by atoms with E-state index in [0.717, 1.165) is 5.56 Å². The lowest BCUT2D eigenvalue weighted by Gasteiger charge is -2.23. The van der Waals surface area contributed by atoms with Crippen LogP contribution in [-0.4, -0.2) is 13.1 Å². The molecule has 1 aromatic rings. The Labute approximate surface area is 116 Å². The highest BCUT2D eigenvalue weighted by Crippen LogP contribution is 2.27. The summed E-state index contributed by atoms with van der Waals surface area (Å²) in [5.41, 5.74) is 8.54. The first kappa shape index (κ1) is 15.7. The molecule has 0 aliphatic heterocycles. The predicted octanol–water partition coefficient (Wildman–Crippen LogP) is 3.18. The maximum absolute atomic E-state index is 11.7. The number of carbonyl (C=O) groups is 1. The summed E-state index contributed by atoms with van der Waals surface area (Å²) in [4.78, 5) is 11.7. The minimum absolute atomic E-state index is 0.120. The Morgan fingerprint density at radius 2 is 1.79 bits per heavy atom. The van der Waals surface area contributed by atoms with Crippen LogP contribution in [0.5, 0.6) is 0 Å². The molecule has 0 aliphatic rings. The number of esters is 1. The van der Waals surface area contributed by atoms with Crippen LogP contribution in [0.15, 0.2) is 24.3 Å².